The predicted octanol–water partition coefficient (Wildman–Crippen LogP) is 3.57. The van der Waals surface area contributed by atoms with Crippen molar-refractivity contribution in [2.45, 2.75) is 23.8 Å². The number of phenolic OH excluding ortho intramolecular Hbond substituents is 1. The molecular formula is C16H16ClNO3S. The maximum Gasteiger partial charge on any atom is 0.243 e. The fourth-order valence-electron chi connectivity index (χ4n) is 2.80. The zero-order valence-electron chi connectivity index (χ0n) is 11.8. The molecule has 1 saturated heterocycles. The van der Waals surface area contributed by atoms with Crippen molar-refractivity contribution >= 4 is 21.6 Å². The highest BCUT2D eigenvalue weighted by Crippen LogP contribution is 2.37. The number of benzene rings is 2. The monoisotopic (exact) mass is 337 g/mol. The minimum atomic E-state index is -3.55. The normalized spacial score (nSPS) is 19.4. The minimum absolute atomic E-state index is 0.175. The van der Waals surface area contributed by atoms with Crippen molar-refractivity contribution in [1.82, 2.24) is 4.31 Å². The van der Waals surface area contributed by atoms with E-state index in [4.69, 9.17) is 11.6 Å². The molecule has 1 aliphatic heterocycles. The van der Waals surface area contributed by atoms with Crippen molar-refractivity contribution in [3.63, 3.8) is 0 Å². The van der Waals surface area contributed by atoms with Gasteiger partial charge in [0.05, 0.1) is 10.9 Å². The topological polar surface area (TPSA) is 57.6 Å². The number of aromatic hydroxyl groups is 1. The Labute approximate surface area is 135 Å². The quantitative estimate of drug-likeness (QED) is 0.931. The third kappa shape index (κ3) is 2.84. The lowest BCUT2D eigenvalue weighted by Crippen LogP contribution is -2.30. The van der Waals surface area contributed by atoms with Gasteiger partial charge < -0.3 is 5.11 Å². The highest BCUT2D eigenvalue weighted by Gasteiger charge is 2.36. The van der Waals surface area contributed by atoms with Gasteiger partial charge in [-0.1, -0.05) is 23.7 Å². The summed E-state index contributed by atoms with van der Waals surface area (Å²) in [6, 6.07) is 12.8. The average Bonchev–Trinajstić information content (AvgIpc) is 2.99. The Hall–Kier alpha value is -1.56. The van der Waals surface area contributed by atoms with Crippen molar-refractivity contribution in [2.75, 3.05) is 6.54 Å². The molecule has 4 nitrogen and oxygen atoms in total. The number of phenols is 1. The van der Waals surface area contributed by atoms with Crippen LogP contribution in [0.2, 0.25) is 5.02 Å². The molecule has 0 unspecified atom stereocenters. The molecule has 0 aromatic heterocycles. The fraction of sp³-hybridized carbons (Fsp3) is 0.250. The van der Waals surface area contributed by atoms with E-state index < -0.39 is 10.0 Å². The van der Waals surface area contributed by atoms with Crippen LogP contribution in [0.5, 0.6) is 5.75 Å². The number of sulfonamides is 1. The first-order valence-electron chi connectivity index (χ1n) is 7.05. The molecule has 1 atom stereocenters. The largest absolute Gasteiger partial charge is 0.508 e. The van der Waals surface area contributed by atoms with E-state index in [0.29, 0.717) is 11.6 Å². The second-order valence-corrected chi connectivity index (χ2v) is 7.65. The summed E-state index contributed by atoms with van der Waals surface area (Å²) in [4.78, 5) is 0.252. The van der Waals surface area contributed by atoms with E-state index in [1.54, 1.807) is 36.4 Å². The number of nitrogens with zero attached hydrogens (tertiary/aromatic N) is 1. The summed E-state index contributed by atoms with van der Waals surface area (Å²) in [5.41, 5.74) is 0.896. The molecule has 0 amide bonds. The summed E-state index contributed by atoms with van der Waals surface area (Å²) in [5.74, 6) is 0.175. The Kier molecular flexibility index (Phi) is 4.12. The molecule has 0 spiro atoms. The fourth-order valence-corrected chi connectivity index (χ4v) is 4.61. The van der Waals surface area contributed by atoms with Gasteiger partial charge in [0, 0.05) is 11.6 Å². The van der Waals surface area contributed by atoms with Crippen molar-refractivity contribution in [2.24, 2.45) is 0 Å². The van der Waals surface area contributed by atoms with Crippen molar-refractivity contribution in [3.05, 3.63) is 59.1 Å². The first-order chi connectivity index (χ1) is 10.5. The van der Waals surface area contributed by atoms with E-state index in [1.807, 2.05) is 0 Å². The Morgan fingerprint density at radius 2 is 1.68 bits per heavy atom. The van der Waals surface area contributed by atoms with E-state index in [1.165, 1.54) is 16.4 Å². The molecule has 0 bridgehead atoms. The van der Waals surface area contributed by atoms with Crippen LogP contribution < -0.4 is 0 Å². The third-order valence-corrected chi connectivity index (χ3v) is 6.08. The lowest BCUT2D eigenvalue weighted by Gasteiger charge is -2.24. The first-order valence-corrected chi connectivity index (χ1v) is 8.86. The van der Waals surface area contributed by atoms with E-state index in [-0.39, 0.29) is 16.7 Å². The van der Waals surface area contributed by atoms with E-state index in [0.717, 1.165) is 18.4 Å². The molecule has 2 aromatic carbocycles. The van der Waals surface area contributed by atoms with Crippen LogP contribution in [0.3, 0.4) is 0 Å². The third-order valence-electron chi connectivity index (χ3n) is 3.90. The molecule has 6 heteroatoms. The Bertz CT molecular complexity index is 757. The Balaban J connectivity index is 1.95. The molecule has 0 aliphatic carbocycles. The summed E-state index contributed by atoms with van der Waals surface area (Å²) >= 11 is 5.83. The van der Waals surface area contributed by atoms with E-state index in [9.17, 15) is 13.5 Å². The maximum atomic E-state index is 12.8. The molecule has 1 N–H and O–H groups in total. The van der Waals surface area contributed by atoms with Crippen LogP contribution in [-0.4, -0.2) is 24.4 Å². The molecule has 116 valence electrons. The average molecular weight is 338 g/mol. The number of halogens is 1. The summed E-state index contributed by atoms with van der Waals surface area (Å²) in [6.45, 7) is 0.497. The van der Waals surface area contributed by atoms with Gasteiger partial charge in [-0.25, -0.2) is 8.42 Å². The Morgan fingerprint density at radius 3 is 2.32 bits per heavy atom. The van der Waals surface area contributed by atoms with Gasteiger partial charge in [-0.05, 0) is 54.8 Å². The zero-order valence-corrected chi connectivity index (χ0v) is 13.4. The lowest BCUT2D eigenvalue weighted by atomic mass is 10.1. The lowest BCUT2D eigenvalue weighted by molar-refractivity contribution is 0.396. The maximum absolute atomic E-state index is 12.8. The smallest absolute Gasteiger partial charge is 0.243 e. The molecular weight excluding hydrogens is 322 g/mol. The van der Waals surface area contributed by atoms with Crippen LogP contribution >= 0.6 is 11.6 Å². The molecule has 0 radical (unpaired) electrons. The van der Waals surface area contributed by atoms with Crippen LogP contribution in [0.4, 0.5) is 0 Å². The van der Waals surface area contributed by atoms with Crippen molar-refractivity contribution in [3.8, 4) is 5.75 Å². The summed E-state index contributed by atoms with van der Waals surface area (Å²) in [7, 11) is -3.55. The minimum Gasteiger partial charge on any atom is -0.508 e. The van der Waals surface area contributed by atoms with Gasteiger partial charge in [-0.15, -0.1) is 0 Å². The SMILES string of the molecule is O=S(=O)(c1ccc(Cl)cc1)N1CCC[C@H]1c1ccc(O)cc1. The van der Waals surface area contributed by atoms with Crippen molar-refractivity contribution < 1.29 is 13.5 Å². The molecule has 0 saturated carbocycles. The summed E-state index contributed by atoms with van der Waals surface area (Å²) in [5, 5.41) is 9.89. The van der Waals surface area contributed by atoms with Crippen LogP contribution in [0, 0.1) is 0 Å². The van der Waals surface area contributed by atoms with Gasteiger partial charge in [0.2, 0.25) is 10.0 Å². The van der Waals surface area contributed by atoms with Crippen LogP contribution in [-0.2, 0) is 10.0 Å². The van der Waals surface area contributed by atoms with E-state index in [2.05, 4.69) is 0 Å². The second kappa shape index (κ2) is 5.91. The molecule has 22 heavy (non-hydrogen) atoms. The standard InChI is InChI=1S/C16H16ClNO3S/c17-13-5-9-15(10-6-13)22(20,21)18-11-1-2-16(18)12-3-7-14(19)8-4-12/h3-10,16,19H,1-2,11H2/t16-/m0/s1. The Morgan fingerprint density at radius 1 is 1.05 bits per heavy atom. The van der Waals surface area contributed by atoms with Crippen LogP contribution in [0.25, 0.3) is 0 Å². The van der Waals surface area contributed by atoms with Gasteiger partial charge in [0.25, 0.3) is 0 Å². The van der Waals surface area contributed by atoms with Gasteiger partial charge in [0.15, 0.2) is 0 Å². The summed E-state index contributed by atoms with van der Waals surface area (Å²) in [6.07, 6.45) is 1.59. The molecule has 2 aromatic rings. The van der Waals surface area contributed by atoms with Gasteiger partial charge >= 0.3 is 0 Å². The van der Waals surface area contributed by atoms with Crippen LogP contribution in [0.15, 0.2) is 53.4 Å². The second-order valence-electron chi connectivity index (χ2n) is 5.32. The van der Waals surface area contributed by atoms with Gasteiger partial charge in [-0.2, -0.15) is 4.31 Å². The molecule has 3 rings (SSSR count). The molecule has 1 heterocycles. The van der Waals surface area contributed by atoms with Gasteiger partial charge in [0.1, 0.15) is 5.75 Å². The zero-order chi connectivity index (χ0) is 15.7. The summed E-state index contributed by atoms with van der Waals surface area (Å²) < 4.78 is 27.2. The van der Waals surface area contributed by atoms with Crippen molar-refractivity contribution in [1.29, 1.82) is 0 Å². The number of rotatable bonds is 3. The highest BCUT2D eigenvalue weighted by molar-refractivity contribution is 7.89. The first kappa shape index (κ1) is 15.3. The molecule has 1 aliphatic rings. The number of hydrogen-bond acceptors (Lipinski definition) is 3. The molecule has 1 fully saturated rings. The highest BCUT2D eigenvalue weighted by atomic mass is 35.5. The predicted molar refractivity (Wildman–Crippen MR) is 85.4 cm³/mol. The van der Waals surface area contributed by atoms with E-state index >= 15 is 0 Å². The number of hydrogen-bond donors (Lipinski definition) is 1. The van der Waals surface area contributed by atoms with Crippen LogP contribution in [0.1, 0.15) is 24.4 Å². The van der Waals surface area contributed by atoms with Gasteiger partial charge in [-0.3, -0.25) is 0 Å².